The highest BCUT2D eigenvalue weighted by atomic mass is 32.2. The summed E-state index contributed by atoms with van der Waals surface area (Å²) in [6.45, 7) is 5.89. The van der Waals surface area contributed by atoms with E-state index in [-0.39, 0.29) is 18.0 Å². The van der Waals surface area contributed by atoms with Crippen LogP contribution < -0.4 is 19.5 Å². The molecule has 8 nitrogen and oxygen atoms in total. The van der Waals surface area contributed by atoms with Crippen LogP contribution in [0.25, 0.3) is 11.8 Å². The second-order valence-corrected chi connectivity index (χ2v) is 10.7. The van der Waals surface area contributed by atoms with Gasteiger partial charge in [0.15, 0.2) is 0 Å². The third-order valence-corrected chi connectivity index (χ3v) is 7.90. The maximum absolute atomic E-state index is 13.5. The molecule has 43 heavy (non-hydrogen) atoms. The molecule has 0 spiro atoms. The number of anilines is 1. The second-order valence-electron chi connectivity index (χ2n) is 9.65. The number of nitrogens with one attached hydrogen (secondary N) is 1. The number of carbonyl (C=O) groups excluding carboxylic acids is 2. The lowest BCUT2D eigenvalue weighted by molar-refractivity contribution is -0.139. The summed E-state index contributed by atoms with van der Waals surface area (Å²) in [5.41, 5.74) is 4.50. The lowest BCUT2D eigenvalue weighted by atomic mass is 10.1. The van der Waals surface area contributed by atoms with Crippen molar-refractivity contribution in [1.82, 2.24) is 4.57 Å². The van der Waals surface area contributed by atoms with Gasteiger partial charge in [0.05, 0.1) is 30.8 Å². The summed E-state index contributed by atoms with van der Waals surface area (Å²) in [5, 5.41) is 3.65. The van der Waals surface area contributed by atoms with Crippen molar-refractivity contribution in [3.05, 3.63) is 111 Å². The van der Waals surface area contributed by atoms with E-state index in [9.17, 15) is 9.59 Å². The number of Topliss-reactive ketones (excluding diaryl/α,β-unsaturated/α-hetero) is 1. The lowest BCUT2D eigenvalue weighted by Crippen LogP contribution is -2.16. The molecule has 4 aromatic rings. The number of aromatic nitrogens is 1. The fourth-order valence-electron chi connectivity index (χ4n) is 4.73. The summed E-state index contributed by atoms with van der Waals surface area (Å²) in [4.78, 5) is 26.7. The maximum Gasteiger partial charge on any atom is 0.344 e. The van der Waals surface area contributed by atoms with E-state index >= 15 is 0 Å². The molecule has 3 aromatic carbocycles. The zero-order valence-electron chi connectivity index (χ0n) is 24.6. The van der Waals surface area contributed by atoms with Crippen molar-refractivity contribution in [2.75, 3.05) is 26.1 Å². The number of thioether (sulfide) groups is 1. The van der Waals surface area contributed by atoms with E-state index in [1.807, 2.05) is 86.7 Å². The number of carbonyl (C=O) groups is 2. The summed E-state index contributed by atoms with van der Waals surface area (Å²) in [7, 11) is 3.22. The van der Waals surface area contributed by atoms with Crippen LogP contribution in [0.15, 0.2) is 94.4 Å². The first-order valence-electron chi connectivity index (χ1n) is 13.7. The number of hydrogen-bond acceptors (Lipinski definition) is 8. The van der Waals surface area contributed by atoms with Crippen molar-refractivity contribution < 1.29 is 28.5 Å². The average molecular weight is 597 g/mol. The van der Waals surface area contributed by atoms with Crippen LogP contribution in [0.1, 0.15) is 23.9 Å². The van der Waals surface area contributed by atoms with Gasteiger partial charge in [-0.05, 0) is 111 Å². The topological polar surface area (TPSA) is 88.0 Å². The van der Waals surface area contributed by atoms with Crippen molar-refractivity contribution >= 4 is 35.3 Å². The molecular weight excluding hydrogens is 564 g/mol. The van der Waals surface area contributed by atoms with Crippen molar-refractivity contribution in [3.63, 3.8) is 0 Å². The van der Waals surface area contributed by atoms with Gasteiger partial charge in [0.25, 0.3) is 0 Å². The van der Waals surface area contributed by atoms with Gasteiger partial charge in [-0.3, -0.25) is 4.79 Å². The monoisotopic (exact) mass is 596 g/mol. The molecule has 0 amide bonds. The van der Waals surface area contributed by atoms with E-state index in [4.69, 9.17) is 18.9 Å². The maximum atomic E-state index is 13.5. The molecule has 5 rings (SSSR count). The van der Waals surface area contributed by atoms with Crippen molar-refractivity contribution in [2.24, 2.45) is 0 Å². The van der Waals surface area contributed by atoms with Crippen molar-refractivity contribution in [3.8, 4) is 28.7 Å². The number of ketones is 1. The Labute approximate surface area is 254 Å². The van der Waals surface area contributed by atoms with Gasteiger partial charge in [-0.2, -0.15) is 0 Å². The molecule has 9 heteroatoms. The summed E-state index contributed by atoms with van der Waals surface area (Å²) < 4.78 is 23.7. The van der Waals surface area contributed by atoms with E-state index in [1.54, 1.807) is 33.3 Å². The minimum absolute atomic E-state index is 0.00447. The predicted octanol–water partition coefficient (Wildman–Crippen LogP) is 7.45. The van der Waals surface area contributed by atoms with Gasteiger partial charge < -0.3 is 28.8 Å². The van der Waals surface area contributed by atoms with Crippen LogP contribution in [0.4, 0.5) is 5.69 Å². The number of nitrogens with zero attached hydrogens (tertiary/aromatic N) is 1. The van der Waals surface area contributed by atoms with Crippen LogP contribution in [0.3, 0.4) is 0 Å². The molecule has 1 aliphatic heterocycles. The van der Waals surface area contributed by atoms with Crippen LogP contribution in [0.5, 0.6) is 23.0 Å². The Kier molecular flexibility index (Phi) is 8.92. The smallest absolute Gasteiger partial charge is 0.344 e. The molecular formula is C34H32N2O6S. The Morgan fingerprint density at radius 3 is 2.00 bits per heavy atom. The standard InChI is InChI=1S/C34H32N2O6S/c1-6-41-34(38)31-32(37)30(43-33(31)35-24-7-11-26(39-4)12-8-24)20-23-19-21(2)36(22(23)3)25-9-13-28(14-10-25)42-29-17-15-27(40-5)16-18-29/h7-20,35H,6H2,1-5H3/b30-20-. The summed E-state index contributed by atoms with van der Waals surface area (Å²) in [6, 6.07) is 24.5. The van der Waals surface area contributed by atoms with Gasteiger partial charge in [0, 0.05) is 22.8 Å². The molecule has 1 aliphatic rings. The predicted molar refractivity (Wildman–Crippen MR) is 169 cm³/mol. The summed E-state index contributed by atoms with van der Waals surface area (Å²) >= 11 is 1.22. The van der Waals surface area contributed by atoms with E-state index in [0.29, 0.717) is 27.2 Å². The molecule has 2 heterocycles. The highest BCUT2D eigenvalue weighted by Crippen LogP contribution is 2.41. The van der Waals surface area contributed by atoms with Crippen molar-refractivity contribution in [1.29, 1.82) is 0 Å². The van der Waals surface area contributed by atoms with Gasteiger partial charge >= 0.3 is 5.97 Å². The first-order chi connectivity index (χ1) is 20.8. The van der Waals surface area contributed by atoms with Crippen LogP contribution >= 0.6 is 11.8 Å². The second kappa shape index (κ2) is 13.0. The number of hydrogen-bond donors (Lipinski definition) is 1. The molecule has 0 unspecified atom stereocenters. The number of allylic oxidation sites excluding steroid dienone is 1. The van der Waals surface area contributed by atoms with Gasteiger partial charge in [-0.25, -0.2) is 4.79 Å². The number of rotatable bonds is 10. The SMILES string of the molecule is CCOC(=O)C1=C(Nc2ccc(OC)cc2)S/C(=C\c2cc(C)n(-c3ccc(Oc4ccc(OC)cc4)cc3)c2C)C1=O. The molecule has 0 fully saturated rings. The number of aryl methyl sites for hydroxylation is 1. The van der Waals surface area contributed by atoms with E-state index < -0.39 is 5.97 Å². The third kappa shape index (κ3) is 6.47. The van der Waals surface area contributed by atoms with Gasteiger partial charge in [0.1, 0.15) is 28.6 Å². The van der Waals surface area contributed by atoms with E-state index in [0.717, 1.165) is 34.1 Å². The van der Waals surface area contributed by atoms with Crippen LogP contribution in [-0.2, 0) is 14.3 Å². The highest BCUT2D eigenvalue weighted by molar-refractivity contribution is 8.08. The number of ether oxygens (including phenoxy) is 4. The van der Waals surface area contributed by atoms with Gasteiger partial charge in [-0.15, -0.1) is 0 Å². The lowest BCUT2D eigenvalue weighted by Gasteiger charge is -2.12. The molecule has 0 aliphatic carbocycles. The molecule has 0 bridgehead atoms. The number of esters is 1. The minimum atomic E-state index is -0.651. The Morgan fingerprint density at radius 2 is 1.42 bits per heavy atom. The highest BCUT2D eigenvalue weighted by Gasteiger charge is 2.35. The normalized spacial score (nSPS) is 13.8. The Hall–Kier alpha value is -4.89. The van der Waals surface area contributed by atoms with Crippen LogP contribution in [0, 0.1) is 13.8 Å². The quantitative estimate of drug-likeness (QED) is 0.115. The Bertz CT molecular complexity index is 1700. The first kappa shape index (κ1) is 29.6. The van der Waals surface area contributed by atoms with Gasteiger partial charge in [-0.1, -0.05) is 11.8 Å². The molecule has 220 valence electrons. The van der Waals surface area contributed by atoms with Crippen LogP contribution in [0.2, 0.25) is 0 Å². The molecule has 1 N–H and O–H groups in total. The largest absolute Gasteiger partial charge is 0.497 e. The van der Waals surface area contributed by atoms with Gasteiger partial charge in [0.2, 0.25) is 5.78 Å². The third-order valence-electron chi connectivity index (χ3n) is 6.86. The summed E-state index contributed by atoms with van der Waals surface area (Å²) in [6.07, 6.45) is 1.83. The zero-order valence-corrected chi connectivity index (χ0v) is 25.4. The molecule has 0 atom stereocenters. The van der Waals surface area contributed by atoms with Crippen LogP contribution in [-0.4, -0.2) is 37.1 Å². The fourth-order valence-corrected chi connectivity index (χ4v) is 5.77. The number of methoxy groups -OCH3 is 2. The van der Waals surface area contributed by atoms with E-state index in [2.05, 4.69) is 9.88 Å². The Balaban J connectivity index is 1.38. The zero-order chi connectivity index (χ0) is 30.5. The van der Waals surface area contributed by atoms with Crippen molar-refractivity contribution in [2.45, 2.75) is 20.8 Å². The fraction of sp³-hybridized carbons (Fsp3) is 0.176. The Morgan fingerprint density at radius 1 is 0.860 bits per heavy atom. The molecule has 0 saturated carbocycles. The molecule has 0 radical (unpaired) electrons. The van der Waals surface area contributed by atoms with E-state index in [1.165, 1.54) is 11.8 Å². The average Bonchev–Trinajstić information content (AvgIpc) is 3.47. The minimum Gasteiger partial charge on any atom is -0.497 e. The molecule has 1 aromatic heterocycles. The molecule has 0 saturated heterocycles. The number of benzene rings is 3. The first-order valence-corrected chi connectivity index (χ1v) is 14.5. The summed E-state index contributed by atoms with van der Waals surface area (Å²) in [5.74, 6) is 1.87.